The number of nitrogens with zero attached hydrogens (tertiary/aromatic N) is 1. The smallest absolute Gasteiger partial charge is 0.226 e. The first kappa shape index (κ1) is 11.6. The molecule has 0 saturated heterocycles. The molecule has 0 bridgehead atoms. The molecule has 0 aromatic heterocycles. The van der Waals surface area contributed by atoms with Crippen LogP contribution in [-0.4, -0.2) is 23.9 Å². The lowest BCUT2D eigenvalue weighted by atomic mass is 10.1. The maximum absolute atomic E-state index is 11.8. The van der Waals surface area contributed by atoms with Gasteiger partial charge in [-0.15, -0.1) is 0 Å². The van der Waals surface area contributed by atoms with Crippen molar-refractivity contribution < 1.29 is 4.79 Å². The third-order valence-electron chi connectivity index (χ3n) is 2.42. The third-order valence-corrected chi connectivity index (χ3v) is 2.42. The summed E-state index contributed by atoms with van der Waals surface area (Å²) < 4.78 is 0. The molecule has 0 spiro atoms. The Morgan fingerprint density at radius 2 is 2.00 bits per heavy atom. The Hall–Kier alpha value is -1.51. The molecule has 0 fully saturated rings. The number of carbonyl (C=O) groups is 1. The average Bonchev–Trinajstić information content (AvgIpc) is 2.19. The molecule has 82 valence electrons. The highest BCUT2D eigenvalue weighted by Gasteiger charge is 2.09. The lowest BCUT2D eigenvalue weighted by Gasteiger charge is -2.18. The summed E-state index contributed by atoms with van der Waals surface area (Å²) in [5, 5.41) is 0. The first-order valence-corrected chi connectivity index (χ1v) is 5.29. The number of anilines is 1. The van der Waals surface area contributed by atoms with E-state index in [0.717, 1.165) is 18.7 Å². The Bertz CT molecular complexity index is 332. The van der Waals surface area contributed by atoms with E-state index in [4.69, 9.17) is 5.73 Å². The molecule has 0 atom stereocenters. The van der Waals surface area contributed by atoms with Gasteiger partial charge in [0.05, 0.1) is 6.42 Å². The Balaban J connectivity index is 2.65. The van der Waals surface area contributed by atoms with Crippen LogP contribution in [0, 0.1) is 0 Å². The molecular weight excluding hydrogens is 188 g/mol. The number of carbonyl (C=O) groups excluding carboxylic acids is 1. The maximum Gasteiger partial charge on any atom is 0.226 e. The fourth-order valence-corrected chi connectivity index (χ4v) is 1.57. The molecule has 0 radical (unpaired) electrons. The molecule has 1 rings (SSSR count). The van der Waals surface area contributed by atoms with Crippen molar-refractivity contribution in [2.24, 2.45) is 0 Å². The van der Waals surface area contributed by atoms with Crippen LogP contribution in [0.5, 0.6) is 0 Å². The van der Waals surface area contributed by atoms with Crippen LogP contribution in [0.2, 0.25) is 0 Å². The Morgan fingerprint density at radius 1 is 1.33 bits per heavy atom. The van der Waals surface area contributed by atoms with Gasteiger partial charge >= 0.3 is 0 Å². The summed E-state index contributed by atoms with van der Waals surface area (Å²) in [6.07, 6.45) is 0.437. The molecule has 0 aliphatic rings. The standard InChI is InChI=1S/C12H18N2O/c1-3-14(4-2)12(15)9-10-6-5-7-11(13)8-10/h5-8H,3-4,9,13H2,1-2H3. The van der Waals surface area contributed by atoms with E-state index < -0.39 is 0 Å². The van der Waals surface area contributed by atoms with Crippen LogP contribution in [0.4, 0.5) is 5.69 Å². The van der Waals surface area contributed by atoms with Crippen molar-refractivity contribution in [3.8, 4) is 0 Å². The van der Waals surface area contributed by atoms with Crippen LogP contribution < -0.4 is 5.73 Å². The second-order valence-corrected chi connectivity index (χ2v) is 3.49. The minimum Gasteiger partial charge on any atom is -0.399 e. The number of nitrogens with two attached hydrogens (primary N) is 1. The van der Waals surface area contributed by atoms with Crippen molar-refractivity contribution >= 4 is 11.6 Å². The van der Waals surface area contributed by atoms with E-state index in [2.05, 4.69) is 0 Å². The molecule has 0 aliphatic carbocycles. The van der Waals surface area contributed by atoms with E-state index in [1.165, 1.54) is 0 Å². The van der Waals surface area contributed by atoms with Crippen LogP contribution in [0.25, 0.3) is 0 Å². The highest BCUT2D eigenvalue weighted by atomic mass is 16.2. The maximum atomic E-state index is 11.8. The largest absolute Gasteiger partial charge is 0.399 e. The van der Waals surface area contributed by atoms with Gasteiger partial charge < -0.3 is 10.6 Å². The summed E-state index contributed by atoms with van der Waals surface area (Å²) >= 11 is 0. The zero-order chi connectivity index (χ0) is 11.3. The Morgan fingerprint density at radius 3 is 2.53 bits per heavy atom. The van der Waals surface area contributed by atoms with E-state index in [0.29, 0.717) is 12.1 Å². The minimum atomic E-state index is 0.158. The number of benzene rings is 1. The van der Waals surface area contributed by atoms with Crippen molar-refractivity contribution in [1.82, 2.24) is 4.90 Å². The number of hydrogen-bond acceptors (Lipinski definition) is 2. The van der Waals surface area contributed by atoms with Gasteiger partial charge in [-0.2, -0.15) is 0 Å². The van der Waals surface area contributed by atoms with E-state index in [1.807, 2.05) is 43.0 Å². The highest BCUT2D eigenvalue weighted by Crippen LogP contribution is 2.08. The molecule has 2 N–H and O–H groups in total. The van der Waals surface area contributed by atoms with Gasteiger partial charge in [-0.05, 0) is 31.5 Å². The second kappa shape index (κ2) is 5.39. The quantitative estimate of drug-likeness (QED) is 0.762. The molecule has 0 unspecified atom stereocenters. The van der Waals surface area contributed by atoms with Gasteiger partial charge in [0.15, 0.2) is 0 Å². The number of nitrogen functional groups attached to an aromatic ring is 1. The molecule has 0 aliphatic heterocycles. The molecule has 0 saturated carbocycles. The van der Waals surface area contributed by atoms with Crippen LogP contribution in [0.15, 0.2) is 24.3 Å². The number of hydrogen-bond donors (Lipinski definition) is 1. The van der Waals surface area contributed by atoms with Gasteiger partial charge in [-0.25, -0.2) is 0 Å². The zero-order valence-electron chi connectivity index (χ0n) is 9.36. The lowest BCUT2D eigenvalue weighted by Crippen LogP contribution is -2.31. The fraction of sp³-hybridized carbons (Fsp3) is 0.417. The Labute approximate surface area is 90.9 Å². The van der Waals surface area contributed by atoms with Gasteiger partial charge in [-0.1, -0.05) is 12.1 Å². The number of rotatable bonds is 4. The predicted octanol–water partition coefficient (Wildman–Crippen LogP) is 1.68. The summed E-state index contributed by atoms with van der Waals surface area (Å²) in [6, 6.07) is 7.48. The van der Waals surface area contributed by atoms with Crippen molar-refractivity contribution in [1.29, 1.82) is 0 Å². The first-order valence-electron chi connectivity index (χ1n) is 5.29. The summed E-state index contributed by atoms with van der Waals surface area (Å²) in [7, 11) is 0. The van der Waals surface area contributed by atoms with Gasteiger partial charge in [0.1, 0.15) is 0 Å². The average molecular weight is 206 g/mol. The molecule has 1 amide bonds. The Kier molecular flexibility index (Phi) is 4.16. The predicted molar refractivity (Wildman–Crippen MR) is 62.5 cm³/mol. The van der Waals surface area contributed by atoms with Crippen molar-refractivity contribution in [3.63, 3.8) is 0 Å². The van der Waals surface area contributed by atoms with Gasteiger partial charge in [0.25, 0.3) is 0 Å². The first-order chi connectivity index (χ1) is 7.17. The topological polar surface area (TPSA) is 46.3 Å². The normalized spacial score (nSPS) is 10.0. The number of likely N-dealkylation sites (N-methyl/N-ethyl adjacent to an activating group) is 1. The van der Waals surface area contributed by atoms with Gasteiger partial charge in [0, 0.05) is 18.8 Å². The van der Waals surface area contributed by atoms with Crippen molar-refractivity contribution in [2.45, 2.75) is 20.3 Å². The molecule has 0 heterocycles. The summed E-state index contributed by atoms with van der Waals surface area (Å²) in [6.45, 7) is 5.50. The molecule has 3 heteroatoms. The second-order valence-electron chi connectivity index (χ2n) is 3.49. The highest BCUT2D eigenvalue weighted by molar-refractivity contribution is 5.79. The lowest BCUT2D eigenvalue weighted by molar-refractivity contribution is -0.130. The van der Waals surface area contributed by atoms with E-state index >= 15 is 0 Å². The summed E-state index contributed by atoms with van der Waals surface area (Å²) in [5.74, 6) is 0.158. The molecule has 15 heavy (non-hydrogen) atoms. The summed E-state index contributed by atoms with van der Waals surface area (Å²) in [4.78, 5) is 13.6. The monoisotopic (exact) mass is 206 g/mol. The third kappa shape index (κ3) is 3.27. The zero-order valence-corrected chi connectivity index (χ0v) is 9.36. The molecule has 1 aromatic carbocycles. The van der Waals surface area contributed by atoms with Crippen LogP contribution in [-0.2, 0) is 11.2 Å². The number of amides is 1. The van der Waals surface area contributed by atoms with Crippen LogP contribution in [0.1, 0.15) is 19.4 Å². The molecule has 1 aromatic rings. The SMILES string of the molecule is CCN(CC)C(=O)Cc1cccc(N)c1. The van der Waals surface area contributed by atoms with Gasteiger partial charge in [-0.3, -0.25) is 4.79 Å². The van der Waals surface area contributed by atoms with Crippen LogP contribution in [0.3, 0.4) is 0 Å². The molecule has 3 nitrogen and oxygen atoms in total. The van der Waals surface area contributed by atoms with Crippen molar-refractivity contribution in [2.75, 3.05) is 18.8 Å². The van der Waals surface area contributed by atoms with Crippen molar-refractivity contribution in [3.05, 3.63) is 29.8 Å². The summed E-state index contributed by atoms with van der Waals surface area (Å²) in [5.41, 5.74) is 7.34. The molecular formula is C12H18N2O. The van der Waals surface area contributed by atoms with Crippen LogP contribution >= 0.6 is 0 Å². The minimum absolute atomic E-state index is 0.158. The van der Waals surface area contributed by atoms with E-state index in [9.17, 15) is 4.79 Å². The fourth-order valence-electron chi connectivity index (χ4n) is 1.57. The van der Waals surface area contributed by atoms with Gasteiger partial charge in [0.2, 0.25) is 5.91 Å². The van der Waals surface area contributed by atoms with E-state index in [-0.39, 0.29) is 5.91 Å². The van der Waals surface area contributed by atoms with E-state index in [1.54, 1.807) is 0 Å².